The van der Waals surface area contributed by atoms with Crippen molar-refractivity contribution in [1.82, 2.24) is 10.3 Å². The highest BCUT2D eigenvalue weighted by molar-refractivity contribution is 7.92. The number of benzene rings is 2. The second-order valence-electron chi connectivity index (χ2n) is 7.88. The molecule has 0 fully saturated rings. The number of rotatable bonds is 9. The van der Waals surface area contributed by atoms with Crippen molar-refractivity contribution in [2.45, 2.75) is 0 Å². The maximum absolute atomic E-state index is 12.9. The predicted octanol–water partition coefficient (Wildman–Crippen LogP) is 3.36. The van der Waals surface area contributed by atoms with Crippen molar-refractivity contribution >= 4 is 44.1 Å². The highest BCUT2D eigenvalue weighted by Crippen LogP contribution is 2.41. The molecule has 0 aliphatic carbocycles. The highest BCUT2D eigenvalue weighted by Gasteiger charge is 2.27. The average molecular weight is 511 g/mol. The van der Waals surface area contributed by atoms with Crippen molar-refractivity contribution < 1.29 is 27.5 Å². The molecule has 0 unspecified atom stereocenters. The molecule has 0 atom stereocenters. The van der Waals surface area contributed by atoms with Crippen LogP contribution in [0.1, 0.15) is 10.4 Å². The Hall–Kier alpha value is -4.09. The van der Waals surface area contributed by atoms with Gasteiger partial charge in [-0.25, -0.2) is 13.4 Å². The first-order valence-electron chi connectivity index (χ1n) is 11.0. The van der Waals surface area contributed by atoms with Gasteiger partial charge in [0, 0.05) is 35.9 Å². The maximum atomic E-state index is 12.9. The Morgan fingerprint density at radius 1 is 1.17 bits per heavy atom. The maximum Gasteiger partial charge on any atom is 0.255 e. The van der Waals surface area contributed by atoms with Gasteiger partial charge in [0.2, 0.25) is 10.0 Å². The molecular formula is C25H26N4O6S. The molecular weight excluding hydrogens is 484 g/mol. The number of methoxy groups -OCH3 is 1. The number of carbonyl (C=O) groups excluding carboxylic acids is 1. The number of anilines is 3. The molecule has 0 saturated heterocycles. The van der Waals surface area contributed by atoms with E-state index in [1.165, 1.54) is 20.2 Å². The van der Waals surface area contributed by atoms with Crippen LogP contribution in [-0.4, -0.2) is 58.0 Å². The summed E-state index contributed by atoms with van der Waals surface area (Å²) in [5, 5.41) is 15.7. The second kappa shape index (κ2) is 10.3. The zero-order valence-corrected chi connectivity index (χ0v) is 20.8. The Kier molecular flexibility index (Phi) is 7.13. The smallest absolute Gasteiger partial charge is 0.255 e. The first-order chi connectivity index (χ1) is 17.3. The Morgan fingerprint density at radius 2 is 1.92 bits per heavy atom. The third kappa shape index (κ3) is 4.97. The fraction of sp³-hybridized carbons (Fsp3) is 0.200. The fourth-order valence-electron chi connectivity index (χ4n) is 3.87. The van der Waals surface area contributed by atoms with Crippen LogP contribution >= 0.6 is 0 Å². The number of ether oxygens (including phenoxy) is 1. The summed E-state index contributed by atoms with van der Waals surface area (Å²) >= 11 is 0. The quantitative estimate of drug-likeness (QED) is 0.312. The van der Waals surface area contributed by atoms with E-state index >= 15 is 0 Å². The molecule has 4 rings (SSSR count). The van der Waals surface area contributed by atoms with Crippen LogP contribution in [-0.2, 0) is 10.0 Å². The Morgan fingerprint density at radius 3 is 2.50 bits per heavy atom. The van der Waals surface area contributed by atoms with E-state index < -0.39 is 10.0 Å². The van der Waals surface area contributed by atoms with Gasteiger partial charge in [-0.1, -0.05) is 6.07 Å². The highest BCUT2D eigenvalue weighted by atomic mass is 32.2. The van der Waals surface area contributed by atoms with Gasteiger partial charge in [-0.2, -0.15) is 0 Å². The number of nitrogens with one attached hydrogen (secondary N) is 2. The zero-order chi connectivity index (χ0) is 25.9. The van der Waals surface area contributed by atoms with Crippen molar-refractivity contribution in [3.05, 3.63) is 66.4 Å². The van der Waals surface area contributed by atoms with Crippen LogP contribution in [0.5, 0.6) is 5.75 Å². The van der Waals surface area contributed by atoms with Gasteiger partial charge >= 0.3 is 0 Å². The van der Waals surface area contributed by atoms with Crippen LogP contribution in [0, 0.1) is 0 Å². The summed E-state index contributed by atoms with van der Waals surface area (Å²) in [5.74, 6) is 0.859. The zero-order valence-electron chi connectivity index (χ0n) is 20.0. The number of pyridine rings is 1. The van der Waals surface area contributed by atoms with Crippen molar-refractivity contribution in [2.75, 3.05) is 43.2 Å². The van der Waals surface area contributed by atoms with E-state index in [9.17, 15) is 18.3 Å². The van der Waals surface area contributed by atoms with Crippen LogP contribution in [0.15, 0.2) is 65.2 Å². The van der Waals surface area contributed by atoms with Crippen LogP contribution in [0.3, 0.4) is 0 Å². The molecule has 11 heteroatoms. The number of carbonyl (C=O) groups is 1. The number of hydrogen-bond donors (Lipinski definition) is 3. The van der Waals surface area contributed by atoms with Gasteiger partial charge in [0.1, 0.15) is 22.9 Å². The summed E-state index contributed by atoms with van der Waals surface area (Å²) in [7, 11) is -0.810. The summed E-state index contributed by atoms with van der Waals surface area (Å²) < 4.78 is 37.4. The SMILES string of the molecule is CNC(=O)c1c(-c2ccc(Nc3ccccn3)cc2)oc2cc(N(CCO)S(C)(=O)=O)c(OC)cc12. The molecule has 2 aromatic carbocycles. The molecule has 4 aromatic rings. The summed E-state index contributed by atoms with van der Waals surface area (Å²) in [6.07, 6.45) is 2.73. The summed E-state index contributed by atoms with van der Waals surface area (Å²) in [6, 6.07) is 15.9. The molecule has 0 saturated carbocycles. The lowest BCUT2D eigenvalue weighted by molar-refractivity contribution is 0.0964. The minimum Gasteiger partial charge on any atom is -0.495 e. The van der Waals surface area contributed by atoms with Crippen LogP contribution in [0.25, 0.3) is 22.3 Å². The molecule has 3 N–H and O–H groups in total. The van der Waals surface area contributed by atoms with Crippen LogP contribution < -0.4 is 19.7 Å². The first-order valence-corrected chi connectivity index (χ1v) is 12.8. The van der Waals surface area contributed by atoms with E-state index in [1.807, 2.05) is 42.5 Å². The van der Waals surface area contributed by atoms with Gasteiger partial charge in [-0.3, -0.25) is 9.10 Å². The number of aliphatic hydroxyl groups is 1. The van der Waals surface area contributed by atoms with Crippen LogP contribution in [0.2, 0.25) is 0 Å². The topological polar surface area (TPSA) is 134 Å². The molecule has 2 heterocycles. The number of hydrogen-bond acceptors (Lipinski definition) is 8. The third-order valence-corrected chi connectivity index (χ3v) is 6.68. The largest absolute Gasteiger partial charge is 0.495 e. The van der Waals surface area contributed by atoms with Gasteiger partial charge in [-0.05, 0) is 42.5 Å². The minimum absolute atomic E-state index is 0.165. The van der Waals surface area contributed by atoms with Gasteiger partial charge in [0.05, 0.1) is 37.8 Å². The molecule has 188 valence electrons. The van der Waals surface area contributed by atoms with Gasteiger partial charge < -0.3 is 24.9 Å². The normalized spacial score (nSPS) is 11.3. The van der Waals surface area contributed by atoms with E-state index in [2.05, 4.69) is 15.6 Å². The Bertz CT molecular complexity index is 1480. The number of fused-ring (bicyclic) bond motifs is 1. The molecule has 0 bridgehead atoms. The van der Waals surface area contributed by atoms with E-state index in [4.69, 9.17) is 9.15 Å². The monoisotopic (exact) mass is 510 g/mol. The number of amides is 1. The fourth-order valence-corrected chi connectivity index (χ4v) is 4.78. The van der Waals surface area contributed by atoms with Gasteiger partial charge in [0.15, 0.2) is 0 Å². The molecule has 36 heavy (non-hydrogen) atoms. The van der Waals surface area contributed by atoms with E-state index in [-0.39, 0.29) is 36.1 Å². The lowest BCUT2D eigenvalue weighted by Gasteiger charge is -2.23. The third-order valence-electron chi connectivity index (χ3n) is 5.50. The lowest BCUT2D eigenvalue weighted by atomic mass is 10.0. The lowest BCUT2D eigenvalue weighted by Crippen LogP contribution is -2.32. The van der Waals surface area contributed by atoms with E-state index in [0.717, 1.165) is 16.2 Å². The number of aliphatic hydroxyl groups excluding tert-OH is 1. The number of nitrogens with zero attached hydrogens (tertiary/aromatic N) is 2. The van der Waals surface area contributed by atoms with E-state index in [0.29, 0.717) is 28.1 Å². The van der Waals surface area contributed by atoms with E-state index in [1.54, 1.807) is 12.3 Å². The minimum atomic E-state index is -3.73. The van der Waals surface area contributed by atoms with Crippen molar-refractivity contribution in [1.29, 1.82) is 0 Å². The molecule has 1 amide bonds. The summed E-state index contributed by atoms with van der Waals surface area (Å²) in [4.78, 5) is 17.1. The number of furan rings is 1. The number of sulfonamides is 1. The molecule has 0 spiro atoms. The van der Waals surface area contributed by atoms with Crippen molar-refractivity contribution in [2.24, 2.45) is 0 Å². The van der Waals surface area contributed by atoms with Crippen molar-refractivity contribution in [3.63, 3.8) is 0 Å². The first kappa shape index (κ1) is 25.0. The average Bonchev–Trinajstić information content (AvgIpc) is 3.24. The second-order valence-corrected chi connectivity index (χ2v) is 9.79. The summed E-state index contributed by atoms with van der Waals surface area (Å²) in [5.41, 5.74) is 2.22. The van der Waals surface area contributed by atoms with Gasteiger partial charge in [0.25, 0.3) is 5.91 Å². The Balaban J connectivity index is 1.83. The number of aromatic nitrogens is 1. The molecule has 0 aliphatic heterocycles. The Labute approximate surface area is 208 Å². The van der Waals surface area contributed by atoms with Gasteiger partial charge in [-0.15, -0.1) is 0 Å². The van der Waals surface area contributed by atoms with Crippen molar-refractivity contribution in [3.8, 4) is 17.1 Å². The molecule has 0 radical (unpaired) electrons. The molecule has 2 aromatic heterocycles. The molecule has 0 aliphatic rings. The van der Waals surface area contributed by atoms with Crippen LogP contribution in [0.4, 0.5) is 17.2 Å². The summed E-state index contributed by atoms with van der Waals surface area (Å²) in [6.45, 7) is -0.554. The standard InChI is InChI=1S/C25H26N4O6S/c1-26-25(31)23-18-14-21(34-2)19(29(12-13-30)36(3,32)33)15-20(18)35-24(23)16-7-9-17(10-8-16)28-22-6-4-5-11-27-22/h4-11,14-15,30H,12-13H2,1-3H3,(H,26,31)(H,27,28). The molecule has 10 nitrogen and oxygen atoms in total. The predicted molar refractivity (Wildman–Crippen MR) is 138 cm³/mol.